The number of benzene rings is 1. The molecule has 0 aliphatic rings. The van der Waals surface area contributed by atoms with Gasteiger partial charge in [0, 0.05) is 18.2 Å². The molecule has 0 spiro atoms. The normalized spacial score (nSPS) is 12.8. The van der Waals surface area contributed by atoms with Gasteiger partial charge in [-0.3, -0.25) is 10.1 Å². The molecule has 1 rings (SSSR count). The topological polar surface area (TPSA) is 55.2 Å². The molecule has 0 aromatic heterocycles. The molecule has 1 aromatic carbocycles. The highest BCUT2D eigenvalue weighted by Gasteiger charge is 2.08. The van der Waals surface area contributed by atoms with Crippen LogP contribution in [0, 0.1) is 16.0 Å². The fourth-order valence-corrected chi connectivity index (χ4v) is 1.42. The van der Waals surface area contributed by atoms with Crippen molar-refractivity contribution in [2.24, 2.45) is 5.92 Å². The first-order chi connectivity index (χ1) is 7.50. The Morgan fingerprint density at radius 2 is 1.81 bits per heavy atom. The minimum Gasteiger partial charge on any atom is -0.310 e. The van der Waals surface area contributed by atoms with E-state index in [1.165, 1.54) is 0 Å². The molecule has 1 N–H and O–H groups in total. The molecule has 88 valence electrons. The summed E-state index contributed by atoms with van der Waals surface area (Å²) in [6.07, 6.45) is 0. The Balaban J connectivity index is 2.63. The lowest BCUT2D eigenvalue weighted by Crippen LogP contribution is -2.23. The number of hydrogen-bond donors (Lipinski definition) is 1. The zero-order valence-corrected chi connectivity index (χ0v) is 9.93. The largest absolute Gasteiger partial charge is 0.310 e. The lowest BCUT2D eigenvalue weighted by molar-refractivity contribution is -0.384. The van der Waals surface area contributed by atoms with Crippen LogP contribution in [0.2, 0.25) is 0 Å². The fraction of sp³-hybridized carbons (Fsp3) is 0.500. The van der Waals surface area contributed by atoms with Gasteiger partial charge in [0.15, 0.2) is 0 Å². The molecule has 4 nitrogen and oxygen atoms in total. The zero-order chi connectivity index (χ0) is 12.1. The van der Waals surface area contributed by atoms with E-state index in [1.807, 2.05) is 0 Å². The second-order valence-electron chi connectivity index (χ2n) is 4.37. The summed E-state index contributed by atoms with van der Waals surface area (Å²) in [6, 6.07) is 6.92. The minimum atomic E-state index is -0.379. The molecule has 0 amide bonds. The van der Waals surface area contributed by atoms with Gasteiger partial charge in [-0.25, -0.2) is 0 Å². The van der Waals surface area contributed by atoms with E-state index in [0.29, 0.717) is 5.92 Å². The van der Waals surface area contributed by atoms with Gasteiger partial charge >= 0.3 is 0 Å². The Morgan fingerprint density at radius 1 is 1.25 bits per heavy atom. The summed E-state index contributed by atoms with van der Waals surface area (Å²) < 4.78 is 0. The number of nitrogens with one attached hydrogen (secondary N) is 1. The van der Waals surface area contributed by atoms with E-state index < -0.39 is 0 Å². The molecule has 0 fully saturated rings. The van der Waals surface area contributed by atoms with E-state index >= 15 is 0 Å². The lowest BCUT2D eigenvalue weighted by Gasteiger charge is -2.15. The van der Waals surface area contributed by atoms with Crippen molar-refractivity contribution in [2.45, 2.75) is 26.8 Å². The molecular formula is C12H18N2O2. The zero-order valence-electron chi connectivity index (χ0n) is 9.93. The molecular weight excluding hydrogens is 204 g/mol. The van der Waals surface area contributed by atoms with Crippen LogP contribution in [-0.4, -0.2) is 11.5 Å². The highest BCUT2D eigenvalue weighted by molar-refractivity contribution is 5.33. The van der Waals surface area contributed by atoms with E-state index in [-0.39, 0.29) is 16.7 Å². The summed E-state index contributed by atoms with van der Waals surface area (Å²) in [5, 5.41) is 13.9. The van der Waals surface area contributed by atoms with Gasteiger partial charge in [0.2, 0.25) is 0 Å². The standard InChI is InChI=1S/C12H18N2O2/c1-9(2)8-13-10(3)11-4-6-12(7-5-11)14(15)16/h4-7,9-10,13H,8H2,1-3H3. The molecule has 0 saturated heterocycles. The summed E-state index contributed by atoms with van der Waals surface area (Å²) >= 11 is 0. The second-order valence-corrected chi connectivity index (χ2v) is 4.37. The van der Waals surface area contributed by atoms with Gasteiger partial charge in [0.1, 0.15) is 0 Å². The Bertz CT molecular complexity index is 347. The first-order valence-corrected chi connectivity index (χ1v) is 5.48. The van der Waals surface area contributed by atoms with E-state index in [1.54, 1.807) is 24.3 Å². The van der Waals surface area contributed by atoms with Crippen LogP contribution in [0.5, 0.6) is 0 Å². The summed E-state index contributed by atoms with van der Waals surface area (Å²) in [5.74, 6) is 0.598. The van der Waals surface area contributed by atoms with Gasteiger partial charge in [0.25, 0.3) is 5.69 Å². The van der Waals surface area contributed by atoms with Gasteiger partial charge in [0.05, 0.1) is 4.92 Å². The van der Waals surface area contributed by atoms with Crippen molar-refractivity contribution in [3.63, 3.8) is 0 Å². The Labute approximate surface area is 95.8 Å². The predicted molar refractivity (Wildman–Crippen MR) is 64.4 cm³/mol. The minimum absolute atomic E-state index is 0.139. The van der Waals surface area contributed by atoms with Crippen LogP contribution in [0.15, 0.2) is 24.3 Å². The Hall–Kier alpha value is -1.42. The first kappa shape index (κ1) is 12.6. The third-order valence-corrected chi connectivity index (χ3v) is 2.44. The van der Waals surface area contributed by atoms with Crippen molar-refractivity contribution < 1.29 is 4.92 Å². The van der Waals surface area contributed by atoms with Crippen molar-refractivity contribution in [1.82, 2.24) is 5.32 Å². The fourth-order valence-electron chi connectivity index (χ4n) is 1.42. The number of nitro benzene ring substituents is 1. The van der Waals surface area contributed by atoms with Gasteiger partial charge in [-0.15, -0.1) is 0 Å². The quantitative estimate of drug-likeness (QED) is 0.615. The number of rotatable bonds is 5. The smallest absolute Gasteiger partial charge is 0.269 e. The molecule has 1 unspecified atom stereocenters. The molecule has 0 aliphatic carbocycles. The molecule has 0 aliphatic heterocycles. The molecule has 0 radical (unpaired) electrons. The average Bonchev–Trinajstić information content (AvgIpc) is 2.26. The highest BCUT2D eigenvalue weighted by Crippen LogP contribution is 2.17. The maximum Gasteiger partial charge on any atom is 0.269 e. The summed E-state index contributed by atoms with van der Waals surface area (Å²) in [7, 11) is 0. The molecule has 0 saturated carbocycles. The van der Waals surface area contributed by atoms with Crippen molar-refractivity contribution in [3.8, 4) is 0 Å². The summed E-state index contributed by atoms with van der Waals surface area (Å²) in [5.41, 5.74) is 1.21. The van der Waals surface area contributed by atoms with Crippen molar-refractivity contribution >= 4 is 5.69 Å². The van der Waals surface area contributed by atoms with E-state index in [2.05, 4.69) is 26.1 Å². The SMILES string of the molecule is CC(C)CNC(C)c1ccc([N+](=O)[O-])cc1. The number of non-ortho nitro benzene ring substituents is 1. The molecule has 0 bridgehead atoms. The van der Waals surface area contributed by atoms with Crippen LogP contribution in [0.25, 0.3) is 0 Å². The van der Waals surface area contributed by atoms with E-state index in [4.69, 9.17) is 0 Å². The molecule has 4 heteroatoms. The summed E-state index contributed by atoms with van der Waals surface area (Å²) in [6.45, 7) is 7.30. The van der Waals surface area contributed by atoms with Crippen LogP contribution >= 0.6 is 0 Å². The van der Waals surface area contributed by atoms with Crippen LogP contribution in [-0.2, 0) is 0 Å². The average molecular weight is 222 g/mol. The van der Waals surface area contributed by atoms with Crippen molar-refractivity contribution in [2.75, 3.05) is 6.54 Å². The first-order valence-electron chi connectivity index (χ1n) is 5.48. The van der Waals surface area contributed by atoms with Gasteiger partial charge in [-0.1, -0.05) is 26.0 Å². The number of nitrogens with zero attached hydrogens (tertiary/aromatic N) is 1. The van der Waals surface area contributed by atoms with Gasteiger partial charge < -0.3 is 5.32 Å². The van der Waals surface area contributed by atoms with Crippen LogP contribution in [0.4, 0.5) is 5.69 Å². The van der Waals surface area contributed by atoms with E-state index in [0.717, 1.165) is 12.1 Å². The third kappa shape index (κ3) is 3.62. The van der Waals surface area contributed by atoms with Gasteiger partial charge in [-0.05, 0) is 24.9 Å². The lowest BCUT2D eigenvalue weighted by atomic mass is 10.1. The van der Waals surface area contributed by atoms with Gasteiger partial charge in [-0.2, -0.15) is 0 Å². The predicted octanol–water partition coefficient (Wildman–Crippen LogP) is 2.90. The van der Waals surface area contributed by atoms with Crippen LogP contribution in [0.1, 0.15) is 32.4 Å². The molecule has 1 atom stereocenters. The Morgan fingerprint density at radius 3 is 2.25 bits per heavy atom. The highest BCUT2D eigenvalue weighted by atomic mass is 16.6. The number of hydrogen-bond acceptors (Lipinski definition) is 3. The maximum absolute atomic E-state index is 10.5. The number of nitro groups is 1. The van der Waals surface area contributed by atoms with E-state index in [9.17, 15) is 10.1 Å². The Kier molecular flexibility index (Phi) is 4.43. The van der Waals surface area contributed by atoms with Crippen molar-refractivity contribution in [1.29, 1.82) is 0 Å². The monoisotopic (exact) mass is 222 g/mol. The van der Waals surface area contributed by atoms with Crippen LogP contribution in [0.3, 0.4) is 0 Å². The van der Waals surface area contributed by atoms with Crippen LogP contribution < -0.4 is 5.32 Å². The molecule has 16 heavy (non-hydrogen) atoms. The molecule has 0 heterocycles. The summed E-state index contributed by atoms with van der Waals surface area (Å²) in [4.78, 5) is 10.1. The second kappa shape index (κ2) is 5.61. The third-order valence-electron chi connectivity index (χ3n) is 2.44. The van der Waals surface area contributed by atoms with Crippen molar-refractivity contribution in [3.05, 3.63) is 39.9 Å². The molecule has 1 aromatic rings. The maximum atomic E-state index is 10.5.